The fraction of sp³-hybridized carbons (Fsp3) is 0.640. The van der Waals surface area contributed by atoms with E-state index in [-0.39, 0.29) is 5.41 Å². The van der Waals surface area contributed by atoms with Crippen LogP contribution >= 0.6 is 11.3 Å². The molecule has 4 aliphatic carbocycles. The number of anilines is 2. The average molecular weight is 437 g/mol. The summed E-state index contributed by atoms with van der Waals surface area (Å²) in [6, 6.07) is 6.23. The van der Waals surface area contributed by atoms with E-state index in [1.165, 1.54) is 43.4 Å². The monoisotopic (exact) mass is 436 g/mol. The molecule has 4 saturated carbocycles. The van der Waals surface area contributed by atoms with Crippen LogP contribution in [0.25, 0.3) is 0 Å². The van der Waals surface area contributed by atoms with Crippen molar-refractivity contribution >= 4 is 28.2 Å². The number of carbonyl (C=O) groups is 1. The fourth-order valence-electron chi connectivity index (χ4n) is 7.36. The van der Waals surface area contributed by atoms with Gasteiger partial charge in [-0.3, -0.25) is 4.79 Å². The number of aryl methyl sites for hydroxylation is 1. The van der Waals surface area contributed by atoms with E-state index in [0.29, 0.717) is 11.8 Å². The van der Waals surface area contributed by atoms with Crippen molar-refractivity contribution < 1.29 is 4.79 Å². The molecule has 31 heavy (non-hydrogen) atoms. The third-order valence-corrected chi connectivity index (χ3v) is 9.15. The molecule has 5 aliphatic rings. The number of aromatic nitrogens is 2. The Morgan fingerprint density at radius 3 is 2.39 bits per heavy atom. The van der Waals surface area contributed by atoms with E-state index in [4.69, 9.17) is 4.98 Å². The lowest BCUT2D eigenvalue weighted by Crippen LogP contribution is -2.55. The minimum Gasteiger partial charge on any atom is -0.342 e. The van der Waals surface area contributed by atoms with Crippen LogP contribution in [0.3, 0.4) is 0 Å². The second-order valence-corrected chi connectivity index (χ2v) is 11.8. The van der Waals surface area contributed by atoms with Crippen molar-refractivity contribution in [3.63, 3.8) is 0 Å². The van der Waals surface area contributed by atoms with E-state index >= 15 is 0 Å². The van der Waals surface area contributed by atoms with Gasteiger partial charge in [0.05, 0.1) is 5.41 Å². The molecule has 0 atom stereocenters. The standard InChI is InChI=1S/C25H32N4OS/c1-16-15-26-24(31-16)28-22-4-2-3-21(27-22)20-5-7-29(8-6-20)23(30)25-12-17-9-18(13-25)11-19(10-17)14-25/h2-4,15,17-20H,5-14H2,1H3,(H,26,27,28). The van der Waals surface area contributed by atoms with Gasteiger partial charge in [0.1, 0.15) is 5.82 Å². The molecule has 0 aromatic carbocycles. The van der Waals surface area contributed by atoms with Crippen molar-refractivity contribution in [2.24, 2.45) is 23.2 Å². The molecule has 0 spiro atoms. The third kappa shape index (κ3) is 3.67. The summed E-state index contributed by atoms with van der Waals surface area (Å²) in [7, 11) is 0. The highest BCUT2D eigenvalue weighted by molar-refractivity contribution is 7.15. The number of piperidine rings is 1. The molecule has 1 aliphatic heterocycles. The lowest BCUT2D eigenvalue weighted by Gasteiger charge is -2.57. The fourth-order valence-corrected chi connectivity index (χ4v) is 8.03. The van der Waals surface area contributed by atoms with E-state index in [0.717, 1.165) is 60.3 Å². The van der Waals surface area contributed by atoms with Gasteiger partial charge >= 0.3 is 0 Å². The van der Waals surface area contributed by atoms with Gasteiger partial charge in [-0.2, -0.15) is 0 Å². The number of rotatable bonds is 4. The molecular formula is C25H32N4OS. The van der Waals surface area contributed by atoms with Gasteiger partial charge in [-0.05, 0) is 88.2 Å². The summed E-state index contributed by atoms with van der Waals surface area (Å²) in [6.07, 6.45) is 11.6. The Hall–Kier alpha value is -1.95. The summed E-state index contributed by atoms with van der Waals surface area (Å²) in [5, 5.41) is 4.22. The van der Waals surface area contributed by atoms with Gasteiger partial charge in [0, 0.05) is 35.8 Å². The molecule has 3 heterocycles. The predicted octanol–water partition coefficient (Wildman–Crippen LogP) is 5.51. The zero-order valence-corrected chi connectivity index (χ0v) is 19.2. The molecular weight excluding hydrogens is 404 g/mol. The molecule has 4 bridgehead atoms. The SMILES string of the molecule is Cc1cnc(Nc2cccc(C3CCN(C(=O)C45CC6CC(CC(C6)C4)C5)CC3)n2)s1. The Bertz CT molecular complexity index is 942. The summed E-state index contributed by atoms with van der Waals surface area (Å²) in [6.45, 7) is 3.83. The number of pyridine rings is 1. The first-order valence-corrected chi connectivity index (χ1v) is 12.8. The van der Waals surface area contributed by atoms with Crippen molar-refractivity contribution in [1.82, 2.24) is 14.9 Å². The number of thiazole rings is 1. The topological polar surface area (TPSA) is 58.1 Å². The van der Waals surface area contributed by atoms with Crippen LogP contribution in [0.15, 0.2) is 24.4 Å². The maximum absolute atomic E-state index is 13.6. The summed E-state index contributed by atoms with van der Waals surface area (Å²) >= 11 is 1.64. The lowest BCUT2D eigenvalue weighted by molar-refractivity contribution is -0.158. The summed E-state index contributed by atoms with van der Waals surface area (Å²) in [5.74, 6) is 4.27. The van der Waals surface area contributed by atoms with Gasteiger partial charge in [-0.15, -0.1) is 11.3 Å². The molecule has 5 nitrogen and oxygen atoms in total. The molecule has 5 fully saturated rings. The number of nitrogens with one attached hydrogen (secondary N) is 1. The smallest absolute Gasteiger partial charge is 0.228 e. The van der Waals surface area contributed by atoms with Gasteiger partial charge in [-0.1, -0.05) is 6.07 Å². The van der Waals surface area contributed by atoms with Crippen LogP contribution in [0.1, 0.15) is 67.9 Å². The number of nitrogens with zero attached hydrogens (tertiary/aromatic N) is 3. The second-order valence-electron chi connectivity index (χ2n) is 10.6. The van der Waals surface area contributed by atoms with Crippen molar-refractivity contribution in [3.05, 3.63) is 35.0 Å². The Kier molecular flexibility index (Phi) is 4.82. The van der Waals surface area contributed by atoms with E-state index in [9.17, 15) is 4.79 Å². The maximum atomic E-state index is 13.6. The van der Waals surface area contributed by atoms with Crippen LogP contribution < -0.4 is 5.32 Å². The Morgan fingerprint density at radius 1 is 1.10 bits per heavy atom. The van der Waals surface area contributed by atoms with E-state index in [2.05, 4.69) is 34.3 Å². The maximum Gasteiger partial charge on any atom is 0.228 e. The minimum atomic E-state index is -0.00445. The highest BCUT2D eigenvalue weighted by Crippen LogP contribution is 2.60. The third-order valence-electron chi connectivity index (χ3n) is 8.32. The second kappa shape index (κ2) is 7.58. The molecule has 0 radical (unpaired) electrons. The number of hydrogen-bond donors (Lipinski definition) is 1. The first-order valence-electron chi connectivity index (χ1n) is 12.0. The van der Waals surface area contributed by atoms with Gasteiger partial charge in [0.25, 0.3) is 0 Å². The van der Waals surface area contributed by atoms with Crippen LogP contribution in [0.4, 0.5) is 10.9 Å². The molecule has 1 N–H and O–H groups in total. The van der Waals surface area contributed by atoms with E-state index in [1.807, 2.05) is 12.3 Å². The number of likely N-dealkylation sites (tertiary alicyclic amines) is 1. The van der Waals surface area contributed by atoms with E-state index < -0.39 is 0 Å². The van der Waals surface area contributed by atoms with Crippen molar-refractivity contribution in [3.8, 4) is 0 Å². The Balaban J connectivity index is 1.11. The largest absolute Gasteiger partial charge is 0.342 e. The number of amides is 1. The molecule has 6 heteroatoms. The number of carbonyl (C=O) groups excluding carboxylic acids is 1. The van der Waals surface area contributed by atoms with Crippen LogP contribution in [0, 0.1) is 30.1 Å². The average Bonchev–Trinajstić information content (AvgIpc) is 3.17. The molecule has 7 rings (SSSR count). The van der Waals surface area contributed by atoms with Gasteiger partial charge in [-0.25, -0.2) is 9.97 Å². The summed E-state index contributed by atoms with van der Waals surface area (Å²) in [4.78, 5) is 26.3. The van der Waals surface area contributed by atoms with Crippen LogP contribution in [-0.4, -0.2) is 33.9 Å². The van der Waals surface area contributed by atoms with Crippen molar-refractivity contribution in [2.75, 3.05) is 18.4 Å². The lowest BCUT2D eigenvalue weighted by atomic mass is 9.49. The number of hydrogen-bond acceptors (Lipinski definition) is 5. The molecule has 164 valence electrons. The zero-order valence-electron chi connectivity index (χ0n) is 18.3. The highest BCUT2D eigenvalue weighted by Gasteiger charge is 2.55. The summed E-state index contributed by atoms with van der Waals surface area (Å²) < 4.78 is 0. The predicted molar refractivity (Wildman–Crippen MR) is 124 cm³/mol. The Morgan fingerprint density at radius 2 is 1.77 bits per heavy atom. The minimum absolute atomic E-state index is 0.00445. The van der Waals surface area contributed by atoms with Crippen molar-refractivity contribution in [1.29, 1.82) is 0 Å². The quantitative estimate of drug-likeness (QED) is 0.686. The van der Waals surface area contributed by atoms with E-state index in [1.54, 1.807) is 11.3 Å². The normalized spacial score (nSPS) is 32.4. The van der Waals surface area contributed by atoms with Crippen LogP contribution in [-0.2, 0) is 4.79 Å². The molecule has 0 unspecified atom stereocenters. The molecule has 2 aromatic heterocycles. The Labute approximate surface area is 188 Å². The van der Waals surface area contributed by atoms with Gasteiger partial charge in [0.2, 0.25) is 5.91 Å². The van der Waals surface area contributed by atoms with Crippen LogP contribution in [0.5, 0.6) is 0 Å². The first-order chi connectivity index (χ1) is 15.1. The molecule has 1 saturated heterocycles. The van der Waals surface area contributed by atoms with Crippen molar-refractivity contribution in [2.45, 2.75) is 64.2 Å². The highest BCUT2D eigenvalue weighted by atomic mass is 32.1. The van der Waals surface area contributed by atoms with Gasteiger partial charge in [0.15, 0.2) is 5.13 Å². The first kappa shape index (κ1) is 19.7. The zero-order chi connectivity index (χ0) is 21.0. The van der Waals surface area contributed by atoms with Crippen LogP contribution in [0.2, 0.25) is 0 Å². The molecule has 1 amide bonds. The molecule has 2 aromatic rings. The summed E-state index contributed by atoms with van der Waals surface area (Å²) in [5.41, 5.74) is 1.13. The van der Waals surface area contributed by atoms with Gasteiger partial charge < -0.3 is 10.2 Å².